The largest absolute Gasteiger partial charge is 0.480 e. The Bertz CT molecular complexity index is 980. The van der Waals surface area contributed by atoms with Gasteiger partial charge in [0.2, 0.25) is 0 Å². The fourth-order valence-electron chi connectivity index (χ4n) is 5.08. The summed E-state index contributed by atoms with van der Waals surface area (Å²) in [6, 6.07) is 0. The molecule has 3 unspecified atom stereocenters. The third-order valence-electron chi connectivity index (χ3n) is 7.28. The number of carbonyl (C=O) groups excluding carboxylic acids is 3. The molecule has 0 radical (unpaired) electrons. The van der Waals surface area contributed by atoms with Gasteiger partial charge >= 0.3 is 17.9 Å². The van der Waals surface area contributed by atoms with Crippen LogP contribution in [0.3, 0.4) is 0 Å². The molecule has 0 aromatic heterocycles. The van der Waals surface area contributed by atoms with Gasteiger partial charge < -0.3 is 24.1 Å². The van der Waals surface area contributed by atoms with Gasteiger partial charge in [0, 0.05) is 24.7 Å². The van der Waals surface area contributed by atoms with Crippen LogP contribution in [0.25, 0.3) is 0 Å². The first-order valence-electron chi connectivity index (χ1n) is 12.0. The average molecular weight is 473 g/mol. The molecule has 0 amide bonds. The SMILES string of the molecule is CC(C=CC=C1C(=O)OC2(CCCCC2C)OC1=O)=CC1=C(O)OC2(CCCCC2C)OC1=O. The van der Waals surface area contributed by atoms with E-state index in [9.17, 15) is 19.5 Å². The van der Waals surface area contributed by atoms with Gasteiger partial charge in [-0.05, 0) is 44.8 Å². The zero-order valence-corrected chi connectivity index (χ0v) is 19.9. The van der Waals surface area contributed by atoms with E-state index in [4.69, 9.17) is 18.9 Å². The first-order valence-corrected chi connectivity index (χ1v) is 12.0. The highest BCUT2D eigenvalue weighted by molar-refractivity contribution is 6.15. The molecule has 0 bridgehead atoms. The number of allylic oxidation sites excluding steroid dienone is 4. The molecule has 2 spiro atoms. The van der Waals surface area contributed by atoms with Crippen LogP contribution in [0.1, 0.15) is 72.1 Å². The Labute approximate surface area is 199 Å². The predicted octanol–water partition coefficient (Wildman–Crippen LogP) is 4.67. The smallest absolute Gasteiger partial charge is 0.348 e. The molecule has 0 aromatic carbocycles. The van der Waals surface area contributed by atoms with E-state index in [1.165, 1.54) is 18.2 Å². The third kappa shape index (κ3) is 4.50. The molecular weight excluding hydrogens is 440 g/mol. The van der Waals surface area contributed by atoms with Gasteiger partial charge in [-0.2, -0.15) is 0 Å². The van der Waals surface area contributed by atoms with Crippen molar-refractivity contribution in [3.8, 4) is 0 Å². The number of aliphatic hydroxyl groups excluding tert-OH is 1. The van der Waals surface area contributed by atoms with Crippen molar-refractivity contribution in [2.24, 2.45) is 11.8 Å². The lowest BCUT2D eigenvalue weighted by molar-refractivity contribution is -0.269. The minimum Gasteiger partial charge on any atom is -0.480 e. The summed E-state index contributed by atoms with van der Waals surface area (Å²) in [7, 11) is 0. The maximum absolute atomic E-state index is 12.6. The normalized spacial score (nSPS) is 34.7. The van der Waals surface area contributed by atoms with Gasteiger partial charge in [0.15, 0.2) is 0 Å². The van der Waals surface area contributed by atoms with Crippen LogP contribution in [0, 0.1) is 11.8 Å². The second-order valence-corrected chi connectivity index (χ2v) is 9.73. The number of hydrogen-bond acceptors (Lipinski definition) is 8. The highest BCUT2D eigenvalue weighted by Gasteiger charge is 2.51. The van der Waals surface area contributed by atoms with Crippen molar-refractivity contribution in [1.29, 1.82) is 0 Å². The summed E-state index contributed by atoms with van der Waals surface area (Å²) in [5.41, 5.74) is 0.299. The molecule has 184 valence electrons. The Morgan fingerprint density at radius 3 is 1.91 bits per heavy atom. The molecule has 2 saturated carbocycles. The molecule has 2 heterocycles. The Morgan fingerprint density at radius 1 is 0.853 bits per heavy atom. The number of carbonyl (C=O) groups is 3. The minimum atomic E-state index is -1.16. The zero-order valence-electron chi connectivity index (χ0n) is 19.9. The summed E-state index contributed by atoms with van der Waals surface area (Å²) in [5, 5.41) is 10.4. The van der Waals surface area contributed by atoms with E-state index in [-0.39, 0.29) is 23.0 Å². The predicted molar refractivity (Wildman–Crippen MR) is 121 cm³/mol. The summed E-state index contributed by atoms with van der Waals surface area (Å²) in [5.74, 6) is -4.85. The molecule has 3 atom stereocenters. The molecule has 1 saturated heterocycles. The summed E-state index contributed by atoms with van der Waals surface area (Å²) >= 11 is 0. The quantitative estimate of drug-likeness (QED) is 0.273. The fraction of sp³-hybridized carbons (Fsp3) is 0.577. The van der Waals surface area contributed by atoms with Gasteiger partial charge in [-0.15, -0.1) is 0 Å². The first kappa shape index (κ1) is 24.1. The van der Waals surface area contributed by atoms with E-state index < -0.39 is 35.4 Å². The van der Waals surface area contributed by atoms with Crippen molar-refractivity contribution in [2.75, 3.05) is 0 Å². The van der Waals surface area contributed by atoms with E-state index in [0.717, 1.165) is 38.5 Å². The molecule has 2 aliphatic carbocycles. The van der Waals surface area contributed by atoms with Crippen LogP contribution in [0.2, 0.25) is 0 Å². The fourth-order valence-corrected chi connectivity index (χ4v) is 5.08. The third-order valence-corrected chi connectivity index (χ3v) is 7.28. The van der Waals surface area contributed by atoms with Gasteiger partial charge in [-0.25, -0.2) is 14.4 Å². The van der Waals surface area contributed by atoms with E-state index in [0.29, 0.717) is 18.4 Å². The molecule has 4 aliphatic rings. The summed E-state index contributed by atoms with van der Waals surface area (Å²) in [6.07, 6.45) is 12.3. The van der Waals surface area contributed by atoms with Gasteiger partial charge in [0.05, 0.1) is 0 Å². The van der Waals surface area contributed by atoms with Crippen molar-refractivity contribution < 1.29 is 38.4 Å². The average Bonchev–Trinajstić information content (AvgIpc) is 2.77. The van der Waals surface area contributed by atoms with Crippen LogP contribution in [0.4, 0.5) is 0 Å². The van der Waals surface area contributed by atoms with E-state index >= 15 is 0 Å². The number of rotatable bonds is 3. The molecule has 0 aromatic rings. The molecule has 34 heavy (non-hydrogen) atoms. The van der Waals surface area contributed by atoms with Crippen LogP contribution in [-0.4, -0.2) is 34.6 Å². The minimum absolute atomic E-state index is 0.0174. The Hall–Kier alpha value is -3.03. The molecule has 8 heteroatoms. The van der Waals surface area contributed by atoms with Gasteiger partial charge in [-0.1, -0.05) is 44.4 Å². The van der Waals surface area contributed by atoms with Crippen LogP contribution in [0.5, 0.6) is 0 Å². The highest BCUT2D eigenvalue weighted by atomic mass is 16.8. The molecular formula is C26H32O8. The number of esters is 3. The van der Waals surface area contributed by atoms with Crippen LogP contribution in [0.15, 0.2) is 47.0 Å². The Balaban J connectivity index is 1.46. The molecule has 3 fully saturated rings. The lowest BCUT2D eigenvalue weighted by atomic mass is 9.84. The standard InChI is InChI=1S/C26H32O8/c1-16(15-20-23(29)33-26(34-24(20)30)14-7-5-11-18(26)3)9-8-12-19-21(27)31-25(32-22(19)28)13-6-4-10-17(25)2/h8-9,12,15,17-18,29H,4-7,10-11,13-14H2,1-3H3. The van der Waals surface area contributed by atoms with Crippen molar-refractivity contribution in [3.63, 3.8) is 0 Å². The Kier molecular flexibility index (Phi) is 6.60. The van der Waals surface area contributed by atoms with Crippen LogP contribution < -0.4 is 0 Å². The molecule has 8 nitrogen and oxygen atoms in total. The zero-order chi connectivity index (χ0) is 24.5. The Morgan fingerprint density at radius 2 is 1.38 bits per heavy atom. The second-order valence-electron chi connectivity index (χ2n) is 9.73. The molecule has 1 N–H and O–H groups in total. The highest BCUT2D eigenvalue weighted by Crippen LogP contribution is 2.43. The summed E-state index contributed by atoms with van der Waals surface area (Å²) in [4.78, 5) is 37.7. The van der Waals surface area contributed by atoms with Crippen molar-refractivity contribution in [3.05, 3.63) is 47.0 Å². The summed E-state index contributed by atoms with van der Waals surface area (Å²) in [6.45, 7) is 5.57. The number of ether oxygens (including phenoxy) is 4. The molecule has 4 rings (SSSR count). The maximum atomic E-state index is 12.6. The van der Waals surface area contributed by atoms with Crippen molar-refractivity contribution in [2.45, 2.75) is 83.7 Å². The first-order chi connectivity index (χ1) is 16.2. The molecule has 2 aliphatic heterocycles. The maximum Gasteiger partial charge on any atom is 0.348 e. The van der Waals surface area contributed by atoms with Crippen molar-refractivity contribution >= 4 is 17.9 Å². The number of aliphatic hydroxyl groups is 1. The lowest BCUT2D eigenvalue weighted by Crippen LogP contribution is -2.52. The van der Waals surface area contributed by atoms with E-state index in [2.05, 4.69) is 0 Å². The topological polar surface area (TPSA) is 108 Å². The van der Waals surface area contributed by atoms with Crippen molar-refractivity contribution in [1.82, 2.24) is 0 Å². The van der Waals surface area contributed by atoms with Gasteiger partial charge in [0.25, 0.3) is 17.5 Å². The number of hydrogen-bond donors (Lipinski definition) is 1. The van der Waals surface area contributed by atoms with Gasteiger partial charge in [-0.3, -0.25) is 0 Å². The van der Waals surface area contributed by atoms with E-state index in [1.54, 1.807) is 13.0 Å². The van der Waals surface area contributed by atoms with Crippen LogP contribution in [-0.2, 0) is 33.3 Å². The second kappa shape index (κ2) is 9.31. The lowest BCUT2D eigenvalue weighted by Gasteiger charge is -2.43. The monoisotopic (exact) mass is 472 g/mol. The summed E-state index contributed by atoms with van der Waals surface area (Å²) < 4.78 is 22.4. The van der Waals surface area contributed by atoms with Crippen LogP contribution >= 0.6 is 0 Å². The van der Waals surface area contributed by atoms with E-state index in [1.807, 2.05) is 13.8 Å². The van der Waals surface area contributed by atoms with Gasteiger partial charge in [0.1, 0.15) is 11.1 Å².